The maximum atomic E-state index is 13.8. The minimum Gasteiger partial charge on any atom is -0.319 e. The molecule has 138 valence electrons. The minimum absolute atomic E-state index is 0.00314. The number of halogens is 2. The monoisotopic (exact) mass is 407 g/mol. The average molecular weight is 408 g/mol. The topological polar surface area (TPSA) is 103 Å². The van der Waals surface area contributed by atoms with Gasteiger partial charge in [-0.15, -0.1) is 10.2 Å². The first-order valence-electron chi connectivity index (χ1n) is 7.42. The third-order valence-electron chi connectivity index (χ3n) is 3.47. The molecule has 1 N–H and O–H groups in total. The Morgan fingerprint density at radius 1 is 1.33 bits per heavy atom. The summed E-state index contributed by atoms with van der Waals surface area (Å²) in [7, 11) is 1.70. The first-order chi connectivity index (χ1) is 12.8. The fourth-order valence-corrected chi connectivity index (χ4v) is 3.16. The number of carbonyl (C=O) groups is 1. The molecule has 1 aromatic heterocycles. The van der Waals surface area contributed by atoms with E-state index in [2.05, 4.69) is 15.5 Å². The smallest absolute Gasteiger partial charge is 0.284 e. The second-order valence-corrected chi connectivity index (χ2v) is 6.79. The summed E-state index contributed by atoms with van der Waals surface area (Å²) in [4.78, 5) is 23.5. The molecule has 0 radical (unpaired) electrons. The molecule has 0 bridgehead atoms. The number of nitro groups is 1. The van der Waals surface area contributed by atoms with E-state index in [-0.39, 0.29) is 22.0 Å². The van der Waals surface area contributed by atoms with Crippen LogP contribution in [0.15, 0.2) is 52.8 Å². The lowest BCUT2D eigenvalue weighted by Crippen LogP contribution is -2.13. The van der Waals surface area contributed by atoms with Crippen LogP contribution in [0.5, 0.6) is 0 Å². The predicted octanol–water partition coefficient (Wildman–Crippen LogP) is 3.92. The van der Waals surface area contributed by atoms with Crippen molar-refractivity contribution in [2.45, 2.75) is 10.1 Å². The van der Waals surface area contributed by atoms with Gasteiger partial charge in [0.15, 0.2) is 5.16 Å². The zero-order valence-corrected chi connectivity index (χ0v) is 15.3. The van der Waals surface area contributed by atoms with E-state index in [1.807, 2.05) is 0 Å². The summed E-state index contributed by atoms with van der Waals surface area (Å²) in [5, 5.41) is 22.0. The van der Waals surface area contributed by atoms with E-state index < -0.39 is 16.6 Å². The normalized spacial score (nSPS) is 10.6. The summed E-state index contributed by atoms with van der Waals surface area (Å²) in [6.07, 6.45) is 1.47. The number of aryl methyl sites for hydroxylation is 1. The van der Waals surface area contributed by atoms with Crippen LogP contribution in [0.2, 0.25) is 5.02 Å². The summed E-state index contributed by atoms with van der Waals surface area (Å²) >= 11 is 6.83. The number of nitrogens with zero attached hydrogens (tertiary/aromatic N) is 4. The number of rotatable bonds is 5. The summed E-state index contributed by atoms with van der Waals surface area (Å²) < 4.78 is 15.4. The largest absolute Gasteiger partial charge is 0.319 e. The maximum absolute atomic E-state index is 13.8. The fraction of sp³-hybridized carbons (Fsp3) is 0.0625. The van der Waals surface area contributed by atoms with Crippen LogP contribution in [-0.4, -0.2) is 25.6 Å². The number of anilines is 1. The highest BCUT2D eigenvalue weighted by atomic mass is 35.5. The molecule has 0 fully saturated rings. The van der Waals surface area contributed by atoms with Gasteiger partial charge in [0.2, 0.25) is 0 Å². The maximum Gasteiger partial charge on any atom is 0.284 e. The standard InChI is InChI=1S/C16H11ClFN5O3S/c1-22-8-19-21-16(22)27-14-5-2-9(6-13(14)23(25)26)15(24)20-12-7-10(17)3-4-11(12)18/h2-8H,1H3,(H,20,24). The van der Waals surface area contributed by atoms with Gasteiger partial charge in [-0.2, -0.15) is 0 Å². The van der Waals surface area contributed by atoms with Crippen molar-refractivity contribution in [2.75, 3.05) is 5.32 Å². The highest BCUT2D eigenvalue weighted by Crippen LogP contribution is 2.34. The van der Waals surface area contributed by atoms with Crippen molar-refractivity contribution in [1.29, 1.82) is 0 Å². The average Bonchev–Trinajstić information content (AvgIpc) is 3.03. The van der Waals surface area contributed by atoms with Gasteiger partial charge in [0.1, 0.15) is 12.1 Å². The second kappa shape index (κ2) is 7.72. The number of amides is 1. The zero-order chi connectivity index (χ0) is 19.6. The molecule has 0 saturated heterocycles. The number of hydrogen-bond donors (Lipinski definition) is 1. The predicted molar refractivity (Wildman–Crippen MR) is 97.6 cm³/mol. The van der Waals surface area contributed by atoms with Gasteiger partial charge in [-0.3, -0.25) is 14.9 Å². The molecule has 0 spiro atoms. The molecule has 11 heteroatoms. The Labute approximate surface area is 161 Å². The van der Waals surface area contributed by atoms with Crippen LogP contribution in [0.1, 0.15) is 10.4 Å². The molecule has 8 nitrogen and oxygen atoms in total. The molecular weight excluding hydrogens is 397 g/mol. The van der Waals surface area contributed by atoms with Crippen molar-refractivity contribution in [3.05, 3.63) is 69.2 Å². The van der Waals surface area contributed by atoms with Crippen molar-refractivity contribution < 1.29 is 14.1 Å². The number of nitro benzene ring substituents is 1. The summed E-state index contributed by atoms with van der Waals surface area (Å²) in [5.41, 5.74) is -0.390. The second-order valence-electron chi connectivity index (χ2n) is 5.34. The van der Waals surface area contributed by atoms with Gasteiger partial charge in [-0.05, 0) is 42.1 Å². The van der Waals surface area contributed by atoms with E-state index in [0.717, 1.165) is 23.9 Å². The molecule has 0 aliphatic heterocycles. The van der Waals surface area contributed by atoms with E-state index >= 15 is 0 Å². The molecule has 3 rings (SSSR count). The Bertz CT molecular complexity index is 1040. The lowest BCUT2D eigenvalue weighted by Gasteiger charge is -2.08. The van der Waals surface area contributed by atoms with Crippen molar-refractivity contribution in [2.24, 2.45) is 7.05 Å². The first kappa shape index (κ1) is 18.8. The van der Waals surface area contributed by atoms with Gasteiger partial charge in [-0.1, -0.05) is 11.6 Å². The van der Waals surface area contributed by atoms with E-state index in [0.29, 0.717) is 10.1 Å². The highest BCUT2D eigenvalue weighted by Gasteiger charge is 2.20. The molecule has 2 aromatic carbocycles. The van der Waals surface area contributed by atoms with E-state index in [1.54, 1.807) is 11.6 Å². The van der Waals surface area contributed by atoms with Crippen LogP contribution in [0.4, 0.5) is 15.8 Å². The Hall–Kier alpha value is -2.98. The molecule has 0 unspecified atom stereocenters. The van der Waals surface area contributed by atoms with Crippen molar-refractivity contribution >= 4 is 40.6 Å². The lowest BCUT2D eigenvalue weighted by atomic mass is 10.2. The van der Waals surface area contributed by atoms with Gasteiger partial charge >= 0.3 is 0 Å². The third kappa shape index (κ3) is 4.23. The number of benzene rings is 2. The van der Waals surface area contributed by atoms with Gasteiger partial charge in [0.05, 0.1) is 15.5 Å². The first-order valence-corrected chi connectivity index (χ1v) is 8.61. The number of aromatic nitrogens is 3. The molecule has 3 aromatic rings. The van der Waals surface area contributed by atoms with Crippen LogP contribution in [0.3, 0.4) is 0 Å². The molecule has 0 aliphatic rings. The van der Waals surface area contributed by atoms with E-state index in [1.165, 1.54) is 30.6 Å². The van der Waals surface area contributed by atoms with Gasteiger partial charge in [-0.25, -0.2) is 4.39 Å². The zero-order valence-electron chi connectivity index (χ0n) is 13.7. The quantitative estimate of drug-likeness (QED) is 0.508. The fourth-order valence-electron chi connectivity index (χ4n) is 2.14. The Morgan fingerprint density at radius 2 is 2.11 bits per heavy atom. The van der Waals surface area contributed by atoms with Gasteiger partial charge in [0, 0.05) is 23.7 Å². The Morgan fingerprint density at radius 3 is 2.78 bits per heavy atom. The highest BCUT2D eigenvalue weighted by molar-refractivity contribution is 7.99. The van der Waals surface area contributed by atoms with Crippen LogP contribution < -0.4 is 5.32 Å². The molecule has 1 amide bonds. The van der Waals surface area contributed by atoms with Crippen molar-refractivity contribution in [1.82, 2.24) is 14.8 Å². The van der Waals surface area contributed by atoms with Crippen LogP contribution in [0.25, 0.3) is 0 Å². The van der Waals surface area contributed by atoms with Crippen LogP contribution >= 0.6 is 23.4 Å². The molecule has 27 heavy (non-hydrogen) atoms. The third-order valence-corrected chi connectivity index (χ3v) is 4.82. The molecule has 1 heterocycles. The van der Waals surface area contributed by atoms with Crippen molar-refractivity contribution in [3.63, 3.8) is 0 Å². The summed E-state index contributed by atoms with van der Waals surface area (Å²) in [5.74, 6) is -1.37. The molecule has 0 saturated carbocycles. The van der Waals surface area contributed by atoms with Crippen molar-refractivity contribution in [3.8, 4) is 0 Å². The molecule has 0 atom stereocenters. The minimum atomic E-state index is -0.700. The van der Waals surface area contributed by atoms with E-state index in [9.17, 15) is 19.3 Å². The molecular formula is C16H11ClFN5O3S. The SMILES string of the molecule is Cn1cnnc1Sc1ccc(C(=O)Nc2cc(Cl)ccc2F)cc1[N+](=O)[O-]. The van der Waals surface area contributed by atoms with Crippen LogP contribution in [-0.2, 0) is 7.05 Å². The summed E-state index contributed by atoms with van der Waals surface area (Å²) in [6.45, 7) is 0. The summed E-state index contributed by atoms with van der Waals surface area (Å²) in [6, 6.07) is 7.67. The van der Waals surface area contributed by atoms with Gasteiger partial charge < -0.3 is 9.88 Å². The molecule has 0 aliphatic carbocycles. The van der Waals surface area contributed by atoms with Gasteiger partial charge in [0.25, 0.3) is 11.6 Å². The van der Waals surface area contributed by atoms with Crippen LogP contribution in [0, 0.1) is 15.9 Å². The van der Waals surface area contributed by atoms with E-state index in [4.69, 9.17) is 11.6 Å². The Kier molecular flexibility index (Phi) is 5.38. The number of nitrogens with one attached hydrogen (secondary N) is 1. The number of carbonyl (C=O) groups excluding carboxylic acids is 1. The lowest BCUT2D eigenvalue weighted by molar-refractivity contribution is -0.387. The number of hydrogen-bond acceptors (Lipinski definition) is 6. The Balaban J connectivity index is 1.89.